The molecule has 0 unspecified atom stereocenters. The zero-order chi connectivity index (χ0) is 19.2. The number of carbonyl (C=O) groups is 1. The first-order valence-corrected chi connectivity index (χ1v) is 9.05. The maximum absolute atomic E-state index is 12.7. The minimum atomic E-state index is -0.763. The minimum absolute atomic E-state index is 0. The summed E-state index contributed by atoms with van der Waals surface area (Å²) in [5, 5.41) is 32.8. The highest BCUT2D eigenvalue weighted by Gasteiger charge is 2.27. The summed E-state index contributed by atoms with van der Waals surface area (Å²) in [6.07, 6.45) is 1.98. The van der Waals surface area contributed by atoms with Gasteiger partial charge in [0.15, 0.2) is 0 Å². The molecule has 9 nitrogen and oxygen atoms in total. The Morgan fingerprint density at radius 1 is 1.25 bits per heavy atom. The number of nitrogens with one attached hydrogen (secondary N) is 2. The Hall–Kier alpha value is -2.20. The molecular weight excluding hydrogens is 386 g/mol. The van der Waals surface area contributed by atoms with Crippen molar-refractivity contribution in [1.82, 2.24) is 20.8 Å². The van der Waals surface area contributed by atoms with Crippen LogP contribution in [0.1, 0.15) is 42.3 Å². The average molecular weight is 411 g/mol. The van der Waals surface area contributed by atoms with Crippen LogP contribution in [0.15, 0.2) is 28.7 Å². The van der Waals surface area contributed by atoms with Crippen LogP contribution >= 0.6 is 0 Å². The number of halogens is 1. The topological polar surface area (TPSA) is 147 Å². The number of aromatic hydroxyl groups is 1. The van der Waals surface area contributed by atoms with Crippen molar-refractivity contribution in [3.05, 3.63) is 41.6 Å². The van der Waals surface area contributed by atoms with Gasteiger partial charge in [-0.1, -0.05) is 12.1 Å². The van der Waals surface area contributed by atoms with Gasteiger partial charge in [-0.05, 0) is 43.6 Å². The van der Waals surface area contributed by atoms with Crippen molar-refractivity contribution in [3.63, 3.8) is 0 Å². The maximum atomic E-state index is 12.7. The lowest BCUT2D eigenvalue weighted by molar-refractivity contribution is -0.126. The molecule has 0 radical (unpaired) electrons. The van der Waals surface area contributed by atoms with Crippen molar-refractivity contribution in [3.8, 4) is 5.75 Å². The summed E-state index contributed by atoms with van der Waals surface area (Å²) >= 11 is 0. The third-order valence-corrected chi connectivity index (χ3v) is 4.67. The number of benzene rings is 1. The summed E-state index contributed by atoms with van der Waals surface area (Å²) in [4.78, 5) is 12.7. The number of rotatable bonds is 7. The first-order chi connectivity index (χ1) is 13.1. The summed E-state index contributed by atoms with van der Waals surface area (Å²) in [6, 6.07) is 5.43. The SMILES string of the molecule is N[C@@H](CO)c1nnc([C@H](Cc2ccc(O)cc2)NC(=O)C2CCNCC2)o1.[Cl-]. The number of aromatic nitrogens is 2. The van der Waals surface area contributed by atoms with Gasteiger partial charge in [-0.3, -0.25) is 4.79 Å². The maximum Gasteiger partial charge on any atom is 0.239 e. The van der Waals surface area contributed by atoms with Crippen LogP contribution in [0, 0.1) is 5.92 Å². The van der Waals surface area contributed by atoms with Gasteiger partial charge in [0.1, 0.15) is 17.8 Å². The molecule has 0 saturated carbocycles. The van der Waals surface area contributed by atoms with E-state index in [1.165, 1.54) is 0 Å². The molecule has 1 saturated heterocycles. The van der Waals surface area contributed by atoms with Crippen LogP contribution in [-0.2, 0) is 11.2 Å². The number of hydrogen-bond acceptors (Lipinski definition) is 8. The molecule has 1 fully saturated rings. The van der Waals surface area contributed by atoms with Gasteiger partial charge in [0, 0.05) is 12.3 Å². The lowest BCUT2D eigenvalue weighted by Crippen LogP contribution is -3.00. The summed E-state index contributed by atoms with van der Waals surface area (Å²) in [5.74, 6) is 0.425. The number of amides is 1. The largest absolute Gasteiger partial charge is 1.00 e. The Morgan fingerprint density at radius 2 is 1.89 bits per heavy atom. The molecule has 1 aromatic heterocycles. The van der Waals surface area contributed by atoms with Crippen LogP contribution in [0.3, 0.4) is 0 Å². The molecule has 3 rings (SSSR count). The van der Waals surface area contributed by atoms with Gasteiger partial charge < -0.3 is 43.4 Å². The van der Waals surface area contributed by atoms with Gasteiger partial charge >= 0.3 is 0 Å². The predicted octanol–water partition coefficient (Wildman–Crippen LogP) is -2.83. The van der Waals surface area contributed by atoms with E-state index in [-0.39, 0.29) is 48.4 Å². The Labute approximate surface area is 169 Å². The lowest BCUT2D eigenvalue weighted by atomic mass is 9.96. The number of piperidine rings is 1. The van der Waals surface area contributed by atoms with Gasteiger partial charge in [0.25, 0.3) is 0 Å². The molecule has 1 aliphatic heterocycles. The summed E-state index contributed by atoms with van der Waals surface area (Å²) in [6.45, 7) is 1.32. The number of nitrogens with zero attached hydrogens (tertiary/aromatic N) is 2. The highest BCUT2D eigenvalue weighted by atomic mass is 35.5. The van der Waals surface area contributed by atoms with Gasteiger partial charge in [-0.25, -0.2) is 0 Å². The van der Waals surface area contributed by atoms with Crippen molar-refractivity contribution in [2.75, 3.05) is 19.7 Å². The van der Waals surface area contributed by atoms with E-state index < -0.39 is 12.1 Å². The highest BCUT2D eigenvalue weighted by Crippen LogP contribution is 2.22. The molecule has 0 spiro atoms. The van der Waals surface area contributed by atoms with Gasteiger partial charge in [-0.15, -0.1) is 10.2 Å². The van der Waals surface area contributed by atoms with Crippen LogP contribution in [0.4, 0.5) is 0 Å². The number of nitrogens with two attached hydrogens (primary N) is 1. The monoisotopic (exact) mass is 410 g/mol. The standard InChI is InChI=1S/C18H25N5O4.ClH/c19-14(10-24)17-22-23-18(27-17)15(9-11-1-3-13(25)4-2-11)21-16(26)12-5-7-20-8-6-12;/h1-4,12,14-15,20,24-25H,5-10,19H2,(H,21,26);1H/p-1/t14-,15-;/m0./s1. The number of phenols is 1. The number of phenolic OH excluding ortho intramolecular Hbond substituents is 1. The van der Waals surface area contributed by atoms with E-state index in [4.69, 9.17) is 15.3 Å². The molecule has 2 atom stereocenters. The molecule has 1 aromatic carbocycles. The van der Waals surface area contributed by atoms with Crippen LogP contribution in [0.2, 0.25) is 0 Å². The highest BCUT2D eigenvalue weighted by molar-refractivity contribution is 5.79. The molecule has 0 aliphatic carbocycles. The third kappa shape index (κ3) is 5.65. The second-order valence-corrected chi connectivity index (χ2v) is 6.72. The van der Waals surface area contributed by atoms with Crippen molar-refractivity contribution in [2.45, 2.75) is 31.3 Å². The average Bonchev–Trinajstić information content (AvgIpc) is 3.19. The first kappa shape index (κ1) is 22.1. The van der Waals surface area contributed by atoms with Crippen molar-refractivity contribution < 1.29 is 31.8 Å². The van der Waals surface area contributed by atoms with E-state index in [1.54, 1.807) is 24.3 Å². The van der Waals surface area contributed by atoms with Crippen LogP contribution < -0.4 is 28.8 Å². The normalized spacial score (nSPS) is 16.8. The van der Waals surface area contributed by atoms with Crippen LogP contribution in [-0.4, -0.2) is 46.0 Å². The van der Waals surface area contributed by atoms with E-state index in [0.717, 1.165) is 31.5 Å². The fourth-order valence-corrected chi connectivity index (χ4v) is 3.06. The Bertz CT molecular complexity index is 749. The summed E-state index contributed by atoms with van der Waals surface area (Å²) < 4.78 is 5.60. The fourth-order valence-electron chi connectivity index (χ4n) is 3.06. The molecule has 154 valence electrons. The van der Waals surface area contributed by atoms with Crippen LogP contribution in [0.5, 0.6) is 5.75 Å². The van der Waals surface area contributed by atoms with Crippen LogP contribution in [0.25, 0.3) is 0 Å². The van der Waals surface area contributed by atoms with E-state index in [2.05, 4.69) is 20.8 Å². The smallest absolute Gasteiger partial charge is 0.239 e. The number of aliphatic hydroxyl groups is 1. The zero-order valence-corrected chi connectivity index (χ0v) is 16.1. The zero-order valence-electron chi connectivity index (χ0n) is 15.3. The van der Waals surface area contributed by atoms with E-state index in [0.29, 0.717) is 6.42 Å². The molecule has 1 aliphatic rings. The van der Waals surface area contributed by atoms with Gasteiger partial charge in [-0.2, -0.15) is 0 Å². The van der Waals surface area contributed by atoms with Gasteiger partial charge in [0.05, 0.1) is 6.61 Å². The van der Waals surface area contributed by atoms with E-state index >= 15 is 0 Å². The summed E-state index contributed by atoms with van der Waals surface area (Å²) in [7, 11) is 0. The fraction of sp³-hybridized carbons (Fsp3) is 0.500. The molecule has 28 heavy (non-hydrogen) atoms. The minimum Gasteiger partial charge on any atom is -1.00 e. The number of carbonyl (C=O) groups excluding carboxylic acids is 1. The molecule has 6 N–H and O–H groups in total. The third-order valence-electron chi connectivity index (χ3n) is 4.67. The molecular formula is C18H25ClN5O4-. The molecule has 10 heteroatoms. The second kappa shape index (κ2) is 10.4. The lowest BCUT2D eigenvalue weighted by Gasteiger charge is -2.24. The Balaban J connectivity index is 0.00000280. The molecule has 2 heterocycles. The van der Waals surface area contributed by atoms with Crippen molar-refractivity contribution in [1.29, 1.82) is 0 Å². The second-order valence-electron chi connectivity index (χ2n) is 6.72. The van der Waals surface area contributed by atoms with Gasteiger partial charge in [0.2, 0.25) is 17.7 Å². The molecule has 1 amide bonds. The van der Waals surface area contributed by atoms with E-state index in [9.17, 15) is 9.90 Å². The molecule has 0 bridgehead atoms. The quantitative estimate of drug-likeness (QED) is 0.328. The first-order valence-electron chi connectivity index (χ1n) is 9.05. The predicted molar refractivity (Wildman–Crippen MR) is 96.6 cm³/mol. The Kier molecular flexibility index (Phi) is 8.18. The number of hydrogen-bond donors (Lipinski definition) is 5. The van der Waals surface area contributed by atoms with Crippen molar-refractivity contribution >= 4 is 5.91 Å². The van der Waals surface area contributed by atoms with E-state index in [1.807, 2.05) is 0 Å². The summed E-state index contributed by atoms with van der Waals surface area (Å²) in [5.41, 5.74) is 6.62. The molecule has 2 aromatic rings. The number of aliphatic hydroxyl groups excluding tert-OH is 1. The Morgan fingerprint density at radius 3 is 2.54 bits per heavy atom. The van der Waals surface area contributed by atoms with Crippen molar-refractivity contribution in [2.24, 2.45) is 11.7 Å².